The molecule has 11 heteroatoms. The maximum absolute atomic E-state index is 13.3. The number of rotatable bonds is 8. The largest absolute Gasteiger partial charge is 0.360 e. The normalized spacial score (nSPS) is 12.1. The maximum Gasteiger partial charge on any atom is 0.332 e. The first-order valence-corrected chi connectivity index (χ1v) is 11.1. The van der Waals surface area contributed by atoms with Crippen LogP contribution in [0.25, 0.3) is 11.2 Å². The van der Waals surface area contributed by atoms with Crippen LogP contribution in [0.15, 0.2) is 25.3 Å². The summed E-state index contributed by atoms with van der Waals surface area (Å²) in [5, 5.41) is 3.70. The molecule has 0 aliphatic rings. The minimum absolute atomic E-state index is 0.0662. The summed E-state index contributed by atoms with van der Waals surface area (Å²) in [5.74, 6) is 0.120. The Bertz CT molecular complexity index is 1240. The van der Waals surface area contributed by atoms with Crippen molar-refractivity contribution in [1.29, 1.82) is 0 Å². The van der Waals surface area contributed by atoms with Crippen LogP contribution < -0.4 is 11.2 Å². The van der Waals surface area contributed by atoms with Crippen LogP contribution in [0.1, 0.15) is 51.0 Å². The summed E-state index contributed by atoms with van der Waals surface area (Å²) in [6.07, 6.45) is 4.01. The van der Waals surface area contributed by atoms with Gasteiger partial charge in [-0.2, -0.15) is 0 Å². The standard InChI is InChI=1S/C18H25N5O5S/c1-5-7-9-21-16-14(17(24)22(18(21)25)10-8-6-2)23(11-19-16)29(26,27)15-12(3)20-28-13(15)4/h11H,5-10H2,1-4H3. The zero-order valence-corrected chi connectivity index (χ0v) is 17.8. The fourth-order valence-electron chi connectivity index (χ4n) is 3.32. The van der Waals surface area contributed by atoms with Crippen molar-refractivity contribution in [1.82, 2.24) is 23.2 Å². The molecule has 10 nitrogen and oxygen atoms in total. The number of aryl methyl sites for hydroxylation is 3. The van der Waals surface area contributed by atoms with Crippen LogP contribution in [0.5, 0.6) is 0 Å². The molecule has 0 aromatic carbocycles. The van der Waals surface area contributed by atoms with Gasteiger partial charge in [-0.15, -0.1) is 0 Å². The zero-order chi connectivity index (χ0) is 21.3. The third-order valence-electron chi connectivity index (χ3n) is 4.84. The van der Waals surface area contributed by atoms with Crippen LogP contribution in [-0.2, 0) is 23.1 Å². The van der Waals surface area contributed by atoms with Crippen LogP contribution in [0, 0.1) is 13.8 Å². The molecular formula is C18H25N5O5S. The molecule has 158 valence electrons. The Labute approximate surface area is 167 Å². The molecule has 0 bridgehead atoms. The van der Waals surface area contributed by atoms with Gasteiger partial charge in [0.15, 0.2) is 21.8 Å². The molecule has 0 aliphatic heterocycles. The van der Waals surface area contributed by atoms with E-state index in [2.05, 4.69) is 10.1 Å². The lowest BCUT2D eigenvalue weighted by atomic mass is 10.3. The average molecular weight is 423 g/mol. The van der Waals surface area contributed by atoms with Crippen molar-refractivity contribution in [2.45, 2.75) is 71.4 Å². The van der Waals surface area contributed by atoms with E-state index >= 15 is 0 Å². The van der Waals surface area contributed by atoms with Gasteiger partial charge >= 0.3 is 5.69 Å². The molecule has 0 amide bonds. The smallest absolute Gasteiger partial charge is 0.332 e. The van der Waals surface area contributed by atoms with E-state index in [0.717, 1.165) is 27.7 Å². The third-order valence-corrected chi connectivity index (χ3v) is 6.73. The Morgan fingerprint density at radius 2 is 1.66 bits per heavy atom. The first-order valence-electron chi connectivity index (χ1n) is 9.64. The molecule has 3 aromatic heterocycles. The Morgan fingerprint density at radius 1 is 1.03 bits per heavy atom. The fraction of sp³-hybridized carbons (Fsp3) is 0.556. The highest BCUT2D eigenvalue weighted by Gasteiger charge is 2.30. The Balaban J connectivity index is 2.36. The highest BCUT2D eigenvalue weighted by molar-refractivity contribution is 7.90. The summed E-state index contributed by atoms with van der Waals surface area (Å²) < 4.78 is 34.9. The van der Waals surface area contributed by atoms with E-state index in [1.807, 2.05) is 13.8 Å². The SMILES string of the molecule is CCCCn1c(=O)c2c(ncn2S(=O)(=O)c2c(C)noc2C)n(CCCC)c1=O. The second kappa shape index (κ2) is 7.97. The van der Waals surface area contributed by atoms with Gasteiger partial charge in [-0.3, -0.25) is 13.9 Å². The summed E-state index contributed by atoms with van der Waals surface area (Å²) in [5.41, 5.74) is -1.02. The van der Waals surface area contributed by atoms with Gasteiger partial charge < -0.3 is 4.52 Å². The van der Waals surface area contributed by atoms with Crippen LogP contribution >= 0.6 is 0 Å². The summed E-state index contributed by atoms with van der Waals surface area (Å²) >= 11 is 0. The highest BCUT2D eigenvalue weighted by atomic mass is 32.2. The number of hydrogen-bond donors (Lipinski definition) is 0. The van der Waals surface area contributed by atoms with Crippen LogP contribution in [0.3, 0.4) is 0 Å². The van der Waals surface area contributed by atoms with Gasteiger partial charge in [0.05, 0.1) is 0 Å². The zero-order valence-electron chi connectivity index (χ0n) is 17.0. The lowest BCUT2D eigenvalue weighted by Gasteiger charge is -2.12. The van der Waals surface area contributed by atoms with Gasteiger partial charge in [-0.25, -0.2) is 22.2 Å². The summed E-state index contributed by atoms with van der Waals surface area (Å²) in [7, 11) is -4.18. The molecule has 0 saturated carbocycles. The third kappa shape index (κ3) is 3.43. The molecule has 0 aliphatic carbocycles. The van der Waals surface area contributed by atoms with Crippen molar-refractivity contribution in [2.75, 3.05) is 0 Å². The fourth-order valence-corrected chi connectivity index (χ4v) is 4.90. The van der Waals surface area contributed by atoms with E-state index in [1.165, 1.54) is 18.4 Å². The Morgan fingerprint density at radius 3 is 2.21 bits per heavy atom. The lowest BCUT2D eigenvalue weighted by molar-refractivity contribution is 0.390. The Kier molecular flexibility index (Phi) is 5.78. The summed E-state index contributed by atoms with van der Waals surface area (Å²) in [6.45, 7) is 7.50. The van der Waals surface area contributed by atoms with Gasteiger partial charge in [-0.1, -0.05) is 31.8 Å². The predicted molar refractivity (Wildman–Crippen MR) is 107 cm³/mol. The molecule has 0 atom stereocenters. The van der Waals surface area contributed by atoms with E-state index in [1.54, 1.807) is 0 Å². The number of fused-ring (bicyclic) bond motifs is 1. The van der Waals surface area contributed by atoms with Gasteiger partial charge in [0.2, 0.25) is 0 Å². The van der Waals surface area contributed by atoms with Gasteiger partial charge in [0.25, 0.3) is 15.6 Å². The van der Waals surface area contributed by atoms with Crippen molar-refractivity contribution < 1.29 is 12.9 Å². The van der Waals surface area contributed by atoms with E-state index in [9.17, 15) is 18.0 Å². The molecule has 29 heavy (non-hydrogen) atoms. The van der Waals surface area contributed by atoms with Gasteiger partial charge in [0, 0.05) is 13.1 Å². The van der Waals surface area contributed by atoms with Gasteiger partial charge in [0.1, 0.15) is 12.0 Å². The quantitative estimate of drug-likeness (QED) is 0.541. The highest BCUT2D eigenvalue weighted by Crippen LogP contribution is 2.24. The molecule has 0 saturated heterocycles. The summed E-state index contributed by atoms with van der Waals surface area (Å²) in [6, 6.07) is 0. The molecule has 0 unspecified atom stereocenters. The second-order valence-corrected chi connectivity index (χ2v) is 8.72. The molecule has 0 fully saturated rings. The van der Waals surface area contributed by atoms with Crippen molar-refractivity contribution in [3.63, 3.8) is 0 Å². The summed E-state index contributed by atoms with van der Waals surface area (Å²) in [4.78, 5) is 30.1. The number of nitrogens with zero attached hydrogens (tertiary/aromatic N) is 5. The van der Waals surface area contributed by atoms with Gasteiger partial charge in [-0.05, 0) is 26.7 Å². The topological polar surface area (TPSA) is 122 Å². The van der Waals surface area contributed by atoms with E-state index in [0.29, 0.717) is 19.4 Å². The van der Waals surface area contributed by atoms with E-state index in [4.69, 9.17) is 4.52 Å². The molecule has 3 heterocycles. The van der Waals surface area contributed by atoms with Crippen LogP contribution in [0.4, 0.5) is 0 Å². The first kappa shape index (κ1) is 21.0. The predicted octanol–water partition coefficient (Wildman–Crippen LogP) is 1.80. The molecule has 0 spiro atoms. The second-order valence-electron chi connectivity index (χ2n) is 6.97. The Hall–Kier alpha value is -2.69. The molecular weight excluding hydrogens is 398 g/mol. The van der Waals surface area contributed by atoms with Crippen LogP contribution in [-0.4, -0.2) is 31.7 Å². The number of imidazole rings is 1. The molecule has 3 rings (SSSR count). The lowest BCUT2D eigenvalue weighted by Crippen LogP contribution is -2.41. The first-order chi connectivity index (χ1) is 13.8. The van der Waals surface area contributed by atoms with E-state index < -0.39 is 21.3 Å². The van der Waals surface area contributed by atoms with Crippen molar-refractivity contribution in [3.05, 3.63) is 38.6 Å². The number of hydrogen-bond acceptors (Lipinski definition) is 7. The average Bonchev–Trinajstić information content (AvgIpc) is 3.26. The molecule has 0 N–H and O–H groups in total. The maximum atomic E-state index is 13.3. The minimum atomic E-state index is -4.18. The van der Waals surface area contributed by atoms with Crippen molar-refractivity contribution in [2.24, 2.45) is 0 Å². The van der Waals surface area contributed by atoms with E-state index in [-0.39, 0.29) is 34.1 Å². The number of unbranched alkanes of at least 4 members (excludes halogenated alkanes) is 2. The van der Waals surface area contributed by atoms with Crippen LogP contribution in [0.2, 0.25) is 0 Å². The number of aromatic nitrogens is 5. The monoisotopic (exact) mass is 423 g/mol. The molecule has 3 aromatic rings. The minimum Gasteiger partial charge on any atom is -0.360 e. The van der Waals surface area contributed by atoms with Crippen molar-refractivity contribution in [3.8, 4) is 0 Å². The molecule has 0 radical (unpaired) electrons. The van der Waals surface area contributed by atoms with Crippen molar-refractivity contribution >= 4 is 21.2 Å².